The molecule has 0 radical (unpaired) electrons. The van der Waals surface area contributed by atoms with E-state index >= 15 is 0 Å². The number of nitrogens with zero attached hydrogens (tertiary/aromatic N) is 5. The molecule has 1 aliphatic rings. The third-order valence-electron chi connectivity index (χ3n) is 4.57. The molecule has 0 saturated carbocycles. The molecular weight excluding hydrogens is 374 g/mol. The Morgan fingerprint density at radius 1 is 1.43 bits per heavy atom. The van der Waals surface area contributed by atoms with Gasteiger partial charge < -0.3 is 15.5 Å². The average Bonchev–Trinajstić information content (AvgIpc) is 3.31. The molecule has 148 valence electrons. The molecule has 8 nitrogen and oxygen atoms in total. The Kier molecular flexibility index (Phi) is 6.92. The highest BCUT2D eigenvalue weighted by molar-refractivity contribution is 7.14. The van der Waals surface area contributed by atoms with Crippen molar-refractivity contribution in [3.05, 3.63) is 35.0 Å². The molecule has 0 spiro atoms. The summed E-state index contributed by atoms with van der Waals surface area (Å²) in [5.41, 5.74) is 1.36. The minimum absolute atomic E-state index is 0.175. The van der Waals surface area contributed by atoms with Crippen molar-refractivity contribution in [2.24, 2.45) is 0 Å². The van der Waals surface area contributed by atoms with Crippen molar-refractivity contribution in [2.75, 3.05) is 45.6 Å². The van der Waals surface area contributed by atoms with E-state index in [9.17, 15) is 4.79 Å². The van der Waals surface area contributed by atoms with Crippen LogP contribution in [0.15, 0.2) is 23.6 Å². The maximum Gasteiger partial charge on any atom is 0.270 e. The summed E-state index contributed by atoms with van der Waals surface area (Å²) in [6.07, 6.45) is 2.08. The molecule has 0 unspecified atom stereocenters. The van der Waals surface area contributed by atoms with Crippen LogP contribution in [0.25, 0.3) is 0 Å². The van der Waals surface area contributed by atoms with Crippen LogP contribution in [0.2, 0.25) is 0 Å². The average molecular weight is 400 g/mol. The van der Waals surface area contributed by atoms with E-state index < -0.39 is 0 Å². The van der Waals surface area contributed by atoms with Gasteiger partial charge in [0.15, 0.2) is 5.13 Å². The minimum Gasteiger partial charge on any atom is -0.349 e. The number of thiazole rings is 1. The van der Waals surface area contributed by atoms with Gasteiger partial charge in [-0.25, -0.2) is 9.97 Å². The van der Waals surface area contributed by atoms with E-state index in [1.807, 2.05) is 37.2 Å². The maximum absolute atomic E-state index is 12.2. The van der Waals surface area contributed by atoms with E-state index in [-0.39, 0.29) is 11.9 Å². The second-order valence-electron chi connectivity index (χ2n) is 6.96. The lowest BCUT2D eigenvalue weighted by molar-refractivity contribution is 0.0947. The van der Waals surface area contributed by atoms with Crippen LogP contribution in [0.1, 0.15) is 35.1 Å². The van der Waals surface area contributed by atoms with Gasteiger partial charge in [-0.05, 0) is 45.6 Å². The van der Waals surface area contributed by atoms with Crippen LogP contribution >= 0.6 is 11.3 Å². The van der Waals surface area contributed by atoms with Crippen molar-refractivity contribution in [3.8, 4) is 6.07 Å². The van der Waals surface area contributed by atoms with E-state index in [1.165, 1.54) is 11.3 Å². The molecule has 2 N–H and O–H groups in total. The summed E-state index contributed by atoms with van der Waals surface area (Å²) in [6, 6.07) is 8.24. The summed E-state index contributed by atoms with van der Waals surface area (Å²) in [5, 5.41) is 17.4. The highest BCUT2D eigenvalue weighted by atomic mass is 32.1. The van der Waals surface area contributed by atoms with Crippen LogP contribution in [0.5, 0.6) is 0 Å². The molecule has 0 bridgehead atoms. The molecule has 1 aliphatic heterocycles. The number of rotatable bonds is 8. The highest BCUT2D eigenvalue weighted by Gasteiger charge is 2.26. The molecule has 28 heavy (non-hydrogen) atoms. The molecule has 0 aliphatic carbocycles. The van der Waals surface area contributed by atoms with Gasteiger partial charge in [0.05, 0.1) is 24.3 Å². The minimum atomic E-state index is -0.175. The van der Waals surface area contributed by atoms with Gasteiger partial charge in [-0.2, -0.15) is 5.26 Å². The van der Waals surface area contributed by atoms with Crippen molar-refractivity contribution < 1.29 is 4.79 Å². The first kappa shape index (κ1) is 20.2. The standard InChI is InChI=1S/C19H25N7OS/c1-25(2)12-9-21-18(27)15-13-28-19(23-15)24-17-7-3-5-14(22-17)16-6-4-10-26(16)11-8-20/h3,5,7,13,16H,4,6,9-12H2,1-2H3,(H,21,27)(H,22,23,24)/t16-/m1/s1. The number of pyridine rings is 1. The Bertz CT molecular complexity index is 845. The quantitative estimate of drug-likeness (QED) is 0.657. The number of hydrogen-bond donors (Lipinski definition) is 2. The number of likely N-dealkylation sites (tertiary alicyclic amines) is 1. The molecule has 1 fully saturated rings. The third-order valence-corrected chi connectivity index (χ3v) is 5.32. The number of likely N-dealkylation sites (N-methyl/N-ethyl adjacent to an activating group) is 1. The molecule has 1 saturated heterocycles. The summed E-state index contributed by atoms with van der Waals surface area (Å²) >= 11 is 1.37. The van der Waals surface area contributed by atoms with Crippen LogP contribution < -0.4 is 10.6 Å². The number of anilines is 2. The fourth-order valence-electron chi connectivity index (χ4n) is 3.18. The van der Waals surface area contributed by atoms with Gasteiger partial charge in [0, 0.05) is 18.5 Å². The predicted octanol–water partition coefficient (Wildman–Crippen LogP) is 2.23. The van der Waals surface area contributed by atoms with Gasteiger partial charge in [-0.3, -0.25) is 9.69 Å². The van der Waals surface area contributed by atoms with E-state index in [0.29, 0.717) is 29.7 Å². The van der Waals surface area contributed by atoms with E-state index in [2.05, 4.69) is 26.6 Å². The van der Waals surface area contributed by atoms with Crippen molar-refractivity contribution >= 4 is 28.2 Å². The summed E-state index contributed by atoms with van der Waals surface area (Å²) in [7, 11) is 3.92. The fraction of sp³-hybridized carbons (Fsp3) is 0.474. The first-order valence-corrected chi connectivity index (χ1v) is 10.2. The first-order valence-electron chi connectivity index (χ1n) is 9.30. The summed E-state index contributed by atoms with van der Waals surface area (Å²) < 4.78 is 0. The van der Waals surface area contributed by atoms with E-state index in [0.717, 1.165) is 31.6 Å². The Balaban J connectivity index is 1.63. The lowest BCUT2D eigenvalue weighted by Crippen LogP contribution is -2.31. The molecule has 1 amide bonds. The van der Waals surface area contributed by atoms with Gasteiger partial charge in [0.25, 0.3) is 5.91 Å². The Labute approximate surface area is 169 Å². The number of hydrogen-bond acceptors (Lipinski definition) is 8. The normalized spacial score (nSPS) is 16.9. The van der Waals surface area contributed by atoms with Gasteiger partial charge in [-0.15, -0.1) is 11.3 Å². The molecule has 2 aromatic heterocycles. The number of carbonyl (C=O) groups excluding carboxylic acids is 1. The summed E-state index contributed by atoms with van der Waals surface area (Å²) in [4.78, 5) is 25.4. The Morgan fingerprint density at radius 2 is 2.29 bits per heavy atom. The molecule has 9 heteroatoms. The number of nitrogens with one attached hydrogen (secondary N) is 2. The van der Waals surface area contributed by atoms with Crippen molar-refractivity contribution in [2.45, 2.75) is 18.9 Å². The largest absolute Gasteiger partial charge is 0.349 e. The zero-order valence-electron chi connectivity index (χ0n) is 16.2. The van der Waals surface area contributed by atoms with Gasteiger partial charge in [-0.1, -0.05) is 6.07 Å². The molecule has 3 heterocycles. The number of carbonyl (C=O) groups is 1. The summed E-state index contributed by atoms with van der Waals surface area (Å²) in [5.74, 6) is 0.515. The predicted molar refractivity (Wildman–Crippen MR) is 110 cm³/mol. The molecule has 2 aromatic rings. The van der Waals surface area contributed by atoms with E-state index in [4.69, 9.17) is 10.2 Å². The zero-order valence-corrected chi connectivity index (χ0v) is 17.0. The van der Waals surface area contributed by atoms with Crippen LogP contribution in [-0.4, -0.2) is 65.9 Å². The highest BCUT2D eigenvalue weighted by Crippen LogP contribution is 2.31. The van der Waals surface area contributed by atoms with E-state index in [1.54, 1.807) is 5.38 Å². The van der Waals surface area contributed by atoms with Crippen LogP contribution in [0.3, 0.4) is 0 Å². The van der Waals surface area contributed by atoms with Crippen molar-refractivity contribution in [1.29, 1.82) is 5.26 Å². The molecule has 0 aromatic carbocycles. The van der Waals surface area contributed by atoms with Gasteiger partial charge in [0.1, 0.15) is 11.5 Å². The fourth-order valence-corrected chi connectivity index (χ4v) is 3.87. The van der Waals surface area contributed by atoms with Crippen LogP contribution in [0.4, 0.5) is 10.9 Å². The topological polar surface area (TPSA) is 97.2 Å². The number of nitriles is 1. The Hall–Kier alpha value is -2.54. The van der Waals surface area contributed by atoms with Crippen LogP contribution in [-0.2, 0) is 0 Å². The number of aromatic nitrogens is 2. The Morgan fingerprint density at radius 3 is 3.07 bits per heavy atom. The monoisotopic (exact) mass is 399 g/mol. The van der Waals surface area contributed by atoms with Gasteiger partial charge in [0.2, 0.25) is 0 Å². The first-order chi connectivity index (χ1) is 13.6. The number of amides is 1. The van der Waals surface area contributed by atoms with Gasteiger partial charge >= 0.3 is 0 Å². The third kappa shape index (κ3) is 5.25. The maximum atomic E-state index is 12.2. The molecule has 1 atom stereocenters. The summed E-state index contributed by atoms with van der Waals surface area (Å²) in [6.45, 7) is 2.71. The molecular formula is C19H25N7OS. The lowest BCUT2D eigenvalue weighted by Gasteiger charge is -2.21. The zero-order chi connectivity index (χ0) is 19.9. The smallest absolute Gasteiger partial charge is 0.270 e. The second kappa shape index (κ2) is 9.59. The lowest BCUT2D eigenvalue weighted by atomic mass is 10.1. The van der Waals surface area contributed by atoms with Crippen molar-refractivity contribution in [3.63, 3.8) is 0 Å². The second-order valence-corrected chi connectivity index (χ2v) is 7.81. The van der Waals surface area contributed by atoms with Crippen LogP contribution in [0, 0.1) is 11.3 Å². The molecule has 3 rings (SSSR count). The van der Waals surface area contributed by atoms with Crippen molar-refractivity contribution in [1.82, 2.24) is 25.1 Å². The SMILES string of the molecule is CN(C)CCNC(=O)c1csc(Nc2cccc([C@H]3CCCN3CC#N)n2)n1.